The average Bonchev–Trinajstić information content (AvgIpc) is 2.62. The van der Waals surface area contributed by atoms with Gasteiger partial charge in [0.1, 0.15) is 5.75 Å². The van der Waals surface area contributed by atoms with Crippen molar-refractivity contribution in [3.8, 4) is 5.75 Å². The van der Waals surface area contributed by atoms with Crippen LogP contribution in [0.5, 0.6) is 5.75 Å². The van der Waals surface area contributed by atoms with Crippen molar-refractivity contribution in [2.24, 2.45) is 5.92 Å². The Balaban J connectivity index is 1.85. The van der Waals surface area contributed by atoms with E-state index in [1.807, 2.05) is 38.1 Å². The Bertz CT molecular complexity index is 551. The Kier molecular flexibility index (Phi) is 6.61. The highest BCUT2D eigenvalue weighted by molar-refractivity contribution is 5.94. The van der Waals surface area contributed by atoms with Crippen LogP contribution in [0.3, 0.4) is 0 Å². The van der Waals surface area contributed by atoms with Crippen LogP contribution < -0.4 is 10.1 Å². The van der Waals surface area contributed by atoms with Crippen LogP contribution in [-0.4, -0.2) is 49.6 Å². The number of piperidine rings is 1. The molecule has 0 spiro atoms. The number of nitrogens with one attached hydrogen (secondary N) is 1. The number of hydrogen-bond donors (Lipinski definition) is 1. The highest BCUT2D eigenvalue weighted by Gasteiger charge is 2.30. The van der Waals surface area contributed by atoms with Gasteiger partial charge in [-0.3, -0.25) is 14.5 Å². The smallest absolute Gasteiger partial charge is 0.308 e. The van der Waals surface area contributed by atoms with Crippen molar-refractivity contribution in [3.63, 3.8) is 0 Å². The van der Waals surface area contributed by atoms with Gasteiger partial charge in [-0.05, 0) is 64.0 Å². The number of amides is 1. The molecule has 1 amide bonds. The summed E-state index contributed by atoms with van der Waals surface area (Å²) in [5.41, 5.74) is 0.750. The minimum Gasteiger partial charge on any atom is -0.494 e. The normalized spacial score (nSPS) is 17.1. The largest absolute Gasteiger partial charge is 0.494 e. The molecule has 1 aliphatic heterocycles. The Labute approximate surface area is 143 Å². The van der Waals surface area contributed by atoms with Crippen molar-refractivity contribution in [1.29, 1.82) is 0 Å². The first kappa shape index (κ1) is 18.3. The summed E-state index contributed by atoms with van der Waals surface area (Å²) >= 11 is 0. The second-order valence-corrected chi connectivity index (χ2v) is 5.96. The molecule has 1 heterocycles. The molecule has 1 N–H and O–H groups in total. The molecule has 1 atom stereocenters. The molecule has 1 saturated heterocycles. The molecule has 24 heavy (non-hydrogen) atoms. The number of carbonyl (C=O) groups excluding carboxylic acids is 2. The molecule has 0 saturated carbocycles. The van der Waals surface area contributed by atoms with Crippen LogP contribution in [-0.2, 0) is 14.3 Å². The SMILES string of the molecule is CCOc1ccc(NC(=O)C(C)N2CCC(C(=O)OC)CC2)cc1. The number of carbonyl (C=O) groups is 2. The fourth-order valence-corrected chi connectivity index (χ4v) is 2.90. The molecule has 1 aromatic rings. The zero-order chi connectivity index (χ0) is 17.5. The maximum Gasteiger partial charge on any atom is 0.308 e. The number of methoxy groups -OCH3 is 1. The number of benzene rings is 1. The lowest BCUT2D eigenvalue weighted by Gasteiger charge is -2.34. The maximum atomic E-state index is 12.4. The van der Waals surface area contributed by atoms with Gasteiger partial charge in [-0.25, -0.2) is 0 Å². The zero-order valence-corrected chi connectivity index (χ0v) is 14.6. The molecule has 6 heteroatoms. The molecule has 0 radical (unpaired) electrons. The van der Waals surface area contributed by atoms with Crippen molar-refractivity contribution >= 4 is 17.6 Å². The molecule has 0 bridgehead atoms. The molecule has 1 aliphatic rings. The first-order valence-electron chi connectivity index (χ1n) is 8.40. The van der Waals surface area contributed by atoms with E-state index < -0.39 is 0 Å². The third-order valence-electron chi connectivity index (χ3n) is 4.42. The van der Waals surface area contributed by atoms with Gasteiger partial charge < -0.3 is 14.8 Å². The molecule has 6 nitrogen and oxygen atoms in total. The third kappa shape index (κ3) is 4.71. The summed E-state index contributed by atoms with van der Waals surface area (Å²) in [6.45, 7) is 5.88. The maximum absolute atomic E-state index is 12.4. The van der Waals surface area contributed by atoms with Gasteiger partial charge in [-0.15, -0.1) is 0 Å². The second-order valence-electron chi connectivity index (χ2n) is 5.96. The van der Waals surface area contributed by atoms with Crippen molar-refractivity contribution in [2.45, 2.75) is 32.7 Å². The van der Waals surface area contributed by atoms with Gasteiger partial charge in [0.15, 0.2) is 0 Å². The van der Waals surface area contributed by atoms with E-state index in [-0.39, 0.29) is 23.8 Å². The Morgan fingerprint density at radius 3 is 2.42 bits per heavy atom. The summed E-state index contributed by atoms with van der Waals surface area (Å²) in [7, 11) is 1.42. The highest BCUT2D eigenvalue weighted by atomic mass is 16.5. The summed E-state index contributed by atoms with van der Waals surface area (Å²) in [5, 5.41) is 2.93. The lowest BCUT2D eigenvalue weighted by Crippen LogP contribution is -2.47. The fourth-order valence-electron chi connectivity index (χ4n) is 2.90. The van der Waals surface area contributed by atoms with Crippen molar-refractivity contribution < 1.29 is 19.1 Å². The molecule has 0 aliphatic carbocycles. The predicted octanol–water partition coefficient (Wildman–Crippen LogP) is 2.30. The molecular formula is C18H26N2O4. The van der Waals surface area contributed by atoms with Crippen LogP contribution in [0.2, 0.25) is 0 Å². The van der Waals surface area contributed by atoms with Gasteiger partial charge in [-0.1, -0.05) is 0 Å². The van der Waals surface area contributed by atoms with Crippen LogP contribution in [0.25, 0.3) is 0 Å². The number of likely N-dealkylation sites (tertiary alicyclic amines) is 1. The van der Waals surface area contributed by atoms with Gasteiger partial charge in [0, 0.05) is 5.69 Å². The molecular weight excluding hydrogens is 308 g/mol. The van der Waals surface area contributed by atoms with Gasteiger partial charge in [-0.2, -0.15) is 0 Å². The standard InChI is InChI=1S/C18H26N2O4/c1-4-24-16-7-5-15(6-8-16)19-17(21)13(2)20-11-9-14(10-12-20)18(22)23-3/h5-8,13-14H,4,9-12H2,1-3H3,(H,19,21). The average molecular weight is 334 g/mol. The Hall–Kier alpha value is -2.08. The van der Waals surface area contributed by atoms with E-state index in [1.165, 1.54) is 7.11 Å². The van der Waals surface area contributed by atoms with Crippen molar-refractivity contribution in [3.05, 3.63) is 24.3 Å². The fraction of sp³-hybridized carbons (Fsp3) is 0.556. The van der Waals surface area contributed by atoms with Crippen LogP contribution >= 0.6 is 0 Å². The minimum atomic E-state index is -0.241. The Morgan fingerprint density at radius 2 is 1.88 bits per heavy atom. The van der Waals surface area contributed by atoms with Crippen molar-refractivity contribution in [2.75, 3.05) is 32.1 Å². The lowest BCUT2D eigenvalue weighted by atomic mass is 9.96. The number of ether oxygens (including phenoxy) is 2. The molecule has 2 rings (SSSR count). The molecule has 1 unspecified atom stereocenters. The van der Waals surface area contributed by atoms with E-state index >= 15 is 0 Å². The van der Waals surface area contributed by atoms with Gasteiger partial charge in [0.05, 0.1) is 25.7 Å². The number of anilines is 1. The summed E-state index contributed by atoms with van der Waals surface area (Å²) in [6, 6.07) is 7.10. The second kappa shape index (κ2) is 8.68. The summed E-state index contributed by atoms with van der Waals surface area (Å²) in [6.07, 6.45) is 1.46. The minimum absolute atomic E-state index is 0.0457. The predicted molar refractivity (Wildman–Crippen MR) is 92.0 cm³/mol. The molecule has 1 fully saturated rings. The van der Waals surface area contributed by atoms with Crippen molar-refractivity contribution in [1.82, 2.24) is 4.90 Å². The van der Waals surface area contributed by atoms with E-state index in [0.29, 0.717) is 6.61 Å². The van der Waals surface area contributed by atoms with Gasteiger partial charge >= 0.3 is 5.97 Å². The van der Waals surface area contributed by atoms with E-state index in [1.54, 1.807) is 0 Å². The summed E-state index contributed by atoms with van der Waals surface area (Å²) < 4.78 is 10.2. The van der Waals surface area contributed by atoms with E-state index in [2.05, 4.69) is 10.2 Å². The number of hydrogen-bond acceptors (Lipinski definition) is 5. The van der Waals surface area contributed by atoms with Crippen LogP contribution in [0.4, 0.5) is 5.69 Å². The van der Waals surface area contributed by atoms with Crippen LogP contribution in [0.15, 0.2) is 24.3 Å². The lowest BCUT2D eigenvalue weighted by molar-refractivity contribution is -0.147. The Morgan fingerprint density at radius 1 is 1.25 bits per heavy atom. The highest BCUT2D eigenvalue weighted by Crippen LogP contribution is 2.21. The molecule has 1 aromatic carbocycles. The monoisotopic (exact) mass is 334 g/mol. The van der Waals surface area contributed by atoms with E-state index in [9.17, 15) is 9.59 Å². The van der Waals surface area contributed by atoms with Gasteiger partial charge in [0.25, 0.3) is 0 Å². The number of rotatable bonds is 6. The summed E-state index contributed by atoms with van der Waals surface area (Å²) in [4.78, 5) is 26.1. The number of nitrogens with zero attached hydrogens (tertiary/aromatic N) is 1. The quantitative estimate of drug-likeness (QED) is 0.809. The number of esters is 1. The van der Waals surface area contributed by atoms with Crippen LogP contribution in [0, 0.1) is 5.92 Å². The zero-order valence-electron chi connectivity index (χ0n) is 14.6. The first-order valence-corrected chi connectivity index (χ1v) is 8.40. The van der Waals surface area contributed by atoms with E-state index in [0.717, 1.165) is 37.4 Å². The van der Waals surface area contributed by atoms with Gasteiger partial charge in [0.2, 0.25) is 5.91 Å². The van der Waals surface area contributed by atoms with Crippen LogP contribution in [0.1, 0.15) is 26.7 Å². The molecule has 132 valence electrons. The van der Waals surface area contributed by atoms with E-state index in [4.69, 9.17) is 9.47 Å². The molecule has 0 aromatic heterocycles. The summed E-state index contributed by atoms with van der Waals surface area (Å²) in [5.74, 6) is 0.540. The first-order chi connectivity index (χ1) is 11.5. The third-order valence-corrected chi connectivity index (χ3v) is 4.42. The topological polar surface area (TPSA) is 67.9 Å².